The first-order valence-electron chi connectivity index (χ1n) is 5.33. The van der Waals surface area contributed by atoms with Crippen molar-refractivity contribution >= 4 is 31.8 Å². The van der Waals surface area contributed by atoms with Gasteiger partial charge in [-0.2, -0.15) is 0 Å². The molecule has 4 nitrogen and oxygen atoms in total. The average Bonchev–Trinajstić information content (AvgIpc) is 2.64. The largest absolute Gasteiger partial charge is 0.441 e. The number of carbonyl (C=O) groups excluding carboxylic acids is 1. The molecule has 0 spiro atoms. The average molecular weight is 297 g/mol. The molecule has 0 fully saturated rings. The molecule has 1 amide bonds. The number of carbonyl (C=O) groups is 1. The van der Waals surface area contributed by atoms with Gasteiger partial charge in [-0.3, -0.25) is 4.79 Å². The van der Waals surface area contributed by atoms with Gasteiger partial charge in [0.2, 0.25) is 0 Å². The maximum absolute atomic E-state index is 11.0. The second-order valence-electron chi connectivity index (χ2n) is 3.96. The van der Waals surface area contributed by atoms with Gasteiger partial charge in [-0.05, 0) is 24.1 Å². The van der Waals surface area contributed by atoms with E-state index in [1.54, 1.807) is 11.9 Å². The number of halogens is 1. The van der Waals surface area contributed by atoms with Crippen molar-refractivity contribution in [2.24, 2.45) is 0 Å². The molecule has 1 aromatic heterocycles. The first-order chi connectivity index (χ1) is 8.06. The van der Waals surface area contributed by atoms with Gasteiger partial charge < -0.3 is 9.32 Å². The van der Waals surface area contributed by atoms with Gasteiger partial charge >= 0.3 is 0 Å². The van der Waals surface area contributed by atoms with Crippen LogP contribution in [0.25, 0.3) is 11.1 Å². The zero-order chi connectivity index (χ0) is 12.4. The molecule has 1 aromatic carbocycles. The molecule has 17 heavy (non-hydrogen) atoms. The van der Waals surface area contributed by atoms with Crippen LogP contribution in [0, 0.1) is 6.92 Å². The maximum atomic E-state index is 11.0. The number of oxazole rings is 1. The number of likely N-dealkylation sites (N-methyl/N-ethyl adjacent to an activating group) is 1. The molecular weight excluding hydrogens is 284 g/mol. The lowest BCUT2D eigenvalue weighted by molar-refractivity contribution is 0.235. The van der Waals surface area contributed by atoms with Gasteiger partial charge in [-0.1, -0.05) is 6.07 Å². The van der Waals surface area contributed by atoms with Crippen molar-refractivity contribution in [1.82, 2.24) is 9.88 Å². The molecule has 0 unspecified atom stereocenters. The number of rotatable bonds is 3. The van der Waals surface area contributed by atoms with E-state index in [-0.39, 0.29) is 4.82 Å². The number of aryl methyl sites for hydroxylation is 1. The predicted molar refractivity (Wildman–Crippen MR) is 69.4 cm³/mol. The van der Waals surface area contributed by atoms with E-state index in [0.29, 0.717) is 12.4 Å². The van der Waals surface area contributed by atoms with Crippen molar-refractivity contribution in [2.45, 2.75) is 13.3 Å². The summed E-state index contributed by atoms with van der Waals surface area (Å²) >= 11 is 2.91. The summed E-state index contributed by atoms with van der Waals surface area (Å²) in [5, 5.41) is 0. The third kappa shape index (κ3) is 2.85. The summed E-state index contributed by atoms with van der Waals surface area (Å²) in [6, 6.07) is 5.93. The molecule has 0 aliphatic carbocycles. The molecule has 0 saturated carbocycles. The number of nitrogens with zero attached hydrogens (tertiary/aromatic N) is 2. The van der Waals surface area contributed by atoms with Crippen LogP contribution in [0.15, 0.2) is 22.6 Å². The van der Waals surface area contributed by atoms with E-state index in [1.807, 2.05) is 25.1 Å². The highest BCUT2D eigenvalue weighted by Crippen LogP contribution is 2.17. The quantitative estimate of drug-likeness (QED) is 0.646. The molecule has 0 radical (unpaired) electrons. The van der Waals surface area contributed by atoms with Gasteiger partial charge in [0, 0.05) is 36.4 Å². The van der Waals surface area contributed by atoms with Gasteiger partial charge in [0.15, 0.2) is 11.5 Å². The van der Waals surface area contributed by atoms with Crippen LogP contribution in [0.1, 0.15) is 11.5 Å². The van der Waals surface area contributed by atoms with Gasteiger partial charge in [0.05, 0.1) is 0 Å². The number of amides is 1. The fourth-order valence-electron chi connectivity index (χ4n) is 1.62. The molecular formula is C12H13BrN2O2. The molecule has 0 bridgehead atoms. The molecule has 2 rings (SSSR count). The second-order valence-corrected chi connectivity index (χ2v) is 4.64. The standard InChI is InChI=1S/C12H13BrN2O2/c1-8-14-10-4-3-9(7-11(10)17-8)5-6-15(2)12(13)16/h3-4,7H,5-6H2,1-2H3. The Kier molecular flexibility index (Phi) is 3.47. The van der Waals surface area contributed by atoms with Crippen LogP contribution in [0.2, 0.25) is 0 Å². The summed E-state index contributed by atoms with van der Waals surface area (Å²) in [5.74, 6) is 0.671. The van der Waals surface area contributed by atoms with E-state index in [0.717, 1.165) is 23.1 Å². The van der Waals surface area contributed by atoms with E-state index in [9.17, 15) is 4.79 Å². The molecule has 2 aromatic rings. The third-order valence-corrected chi connectivity index (χ3v) is 3.20. The van der Waals surface area contributed by atoms with Gasteiger partial charge in [0.25, 0.3) is 4.82 Å². The van der Waals surface area contributed by atoms with Crippen LogP contribution in [0.5, 0.6) is 0 Å². The van der Waals surface area contributed by atoms with Gasteiger partial charge in [-0.25, -0.2) is 4.98 Å². The molecule has 0 atom stereocenters. The summed E-state index contributed by atoms with van der Waals surface area (Å²) in [6.45, 7) is 2.50. The van der Waals surface area contributed by atoms with Crippen LogP contribution >= 0.6 is 15.9 Å². The molecule has 1 heterocycles. The van der Waals surface area contributed by atoms with E-state index in [1.165, 1.54) is 0 Å². The Morgan fingerprint density at radius 2 is 2.29 bits per heavy atom. The summed E-state index contributed by atoms with van der Waals surface area (Å²) in [4.78, 5) is 16.8. The minimum Gasteiger partial charge on any atom is -0.441 e. The van der Waals surface area contributed by atoms with Crippen molar-refractivity contribution in [1.29, 1.82) is 0 Å². The zero-order valence-electron chi connectivity index (χ0n) is 9.74. The monoisotopic (exact) mass is 296 g/mol. The van der Waals surface area contributed by atoms with Crippen molar-refractivity contribution in [3.05, 3.63) is 29.7 Å². The minimum absolute atomic E-state index is 0.103. The van der Waals surface area contributed by atoms with Crippen LogP contribution in [-0.2, 0) is 6.42 Å². The second kappa shape index (κ2) is 4.87. The van der Waals surface area contributed by atoms with Crippen molar-refractivity contribution in [2.75, 3.05) is 13.6 Å². The Hall–Kier alpha value is -1.36. The van der Waals surface area contributed by atoms with Crippen LogP contribution in [-0.4, -0.2) is 28.3 Å². The third-order valence-electron chi connectivity index (χ3n) is 2.60. The number of hydrogen-bond acceptors (Lipinski definition) is 3. The SMILES string of the molecule is Cc1nc2ccc(CCN(C)C(=O)Br)cc2o1. The summed E-state index contributed by atoms with van der Waals surface area (Å²) in [5.41, 5.74) is 2.80. The van der Waals surface area contributed by atoms with Crippen molar-refractivity contribution < 1.29 is 9.21 Å². The number of fused-ring (bicyclic) bond motifs is 1. The minimum atomic E-state index is -0.103. The highest BCUT2D eigenvalue weighted by molar-refractivity contribution is 9.18. The summed E-state index contributed by atoms with van der Waals surface area (Å²) in [7, 11) is 1.76. The predicted octanol–water partition coefficient (Wildman–Crippen LogP) is 3.13. The molecule has 0 N–H and O–H groups in total. The molecule has 90 valence electrons. The first kappa shape index (κ1) is 12.1. The Morgan fingerprint density at radius 3 is 3.00 bits per heavy atom. The normalized spacial score (nSPS) is 10.8. The van der Waals surface area contributed by atoms with Crippen molar-refractivity contribution in [3.63, 3.8) is 0 Å². The van der Waals surface area contributed by atoms with E-state index >= 15 is 0 Å². The number of aromatic nitrogens is 1. The lowest BCUT2D eigenvalue weighted by Crippen LogP contribution is -2.23. The van der Waals surface area contributed by atoms with Crippen molar-refractivity contribution in [3.8, 4) is 0 Å². The Morgan fingerprint density at radius 1 is 1.53 bits per heavy atom. The van der Waals surface area contributed by atoms with Crippen LogP contribution < -0.4 is 0 Å². The fourth-order valence-corrected chi connectivity index (χ4v) is 1.80. The molecule has 0 aliphatic heterocycles. The molecule has 0 saturated heterocycles. The van der Waals surface area contributed by atoms with Crippen LogP contribution in [0.4, 0.5) is 4.79 Å². The van der Waals surface area contributed by atoms with Crippen LogP contribution in [0.3, 0.4) is 0 Å². The first-order valence-corrected chi connectivity index (χ1v) is 6.12. The Balaban J connectivity index is 2.11. The highest BCUT2D eigenvalue weighted by Gasteiger charge is 2.06. The maximum Gasteiger partial charge on any atom is 0.289 e. The van der Waals surface area contributed by atoms with E-state index in [2.05, 4.69) is 20.9 Å². The Labute approximate surface area is 108 Å². The topological polar surface area (TPSA) is 46.3 Å². The van der Waals surface area contributed by atoms with E-state index < -0.39 is 0 Å². The number of benzene rings is 1. The van der Waals surface area contributed by atoms with E-state index in [4.69, 9.17) is 4.42 Å². The molecule has 0 aliphatic rings. The lowest BCUT2D eigenvalue weighted by Gasteiger charge is -2.12. The highest BCUT2D eigenvalue weighted by atomic mass is 79.9. The van der Waals surface area contributed by atoms with Gasteiger partial charge in [-0.15, -0.1) is 0 Å². The summed E-state index contributed by atoms with van der Waals surface area (Å²) < 4.78 is 5.46. The zero-order valence-corrected chi connectivity index (χ0v) is 11.3. The lowest BCUT2D eigenvalue weighted by atomic mass is 10.1. The summed E-state index contributed by atoms with van der Waals surface area (Å²) in [6.07, 6.45) is 0.795. The number of hydrogen-bond donors (Lipinski definition) is 0. The van der Waals surface area contributed by atoms with Gasteiger partial charge in [0.1, 0.15) is 5.52 Å². The molecule has 5 heteroatoms. The Bertz CT molecular complexity index is 550. The smallest absolute Gasteiger partial charge is 0.289 e. The fraction of sp³-hybridized carbons (Fsp3) is 0.333.